The lowest BCUT2D eigenvalue weighted by atomic mass is 9.78. The summed E-state index contributed by atoms with van der Waals surface area (Å²) in [6.07, 6.45) is 3.40. The molecule has 2 N–H and O–H groups in total. The Hall–Kier alpha value is -1.51. The Bertz CT molecular complexity index is 393. The fourth-order valence-corrected chi connectivity index (χ4v) is 2.12. The van der Waals surface area contributed by atoms with Gasteiger partial charge in [0, 0.05) is 23.3 Å². The van der Waals surface area contributed by atoms with Crippen molar-refractivity contribution in [1.29, 1.82) is 0 Å². The van der Waals surface area contributed by atoms with Crippen molar-refractivity contribution in [2.24, 2.45) is 0 Å². The van der Waals surface area contributed by atoms with Crippen molar-refractivity contribution in [1.82, 2.24) is 5.32 Å². The van der Waals surface area contributed by atoms with Crippen molar-refractivity contribution in [2.75, 3.05) is 11.9 Å². The van der Waals surface area contributed by atoms with Crippen LogP contribution in [0.5, 0.6) is 0 Å². The molecule has 0 radical (unpaired) electrons. The molecule has 0 heterocycles. The molecule has 0 bridgehead atoms. The average Bonchev–Trinajstić information content (AvgIpc) is 2.28. The molecule has 1 saturated carbocycles. The highest BCUT2D eigenvalue weighted by atomic mass is 16.1. The van der Waals surface area contributed by atoms with Gasteiger partial charge in [-0.15, -0.1) is 0 Å². The molecule has 1 amide bonds. The summed E-state index contributed by atoms with van der Waals surface area (Å²) < 4.78 is 0. The molecule has 17 heavy (non-hydrogen) atoms. The third kappa shape index (κ3) is 2.78. The maximum absolute atomic E-state index is 12.0. The van der Waals surface area contributed by atoms with Crippen molar-refractivity contribution in [3.63, 3.8) is 0 Å². The van der Waals surface area contributed by atoms with Gasteiger partial charge in [0.1, 0.15) is 0 Å². The fraction of sp³-hybridized carbons (Fsp3) is 0.500. The highest BCUT2D eigenvalue weighted by molar-refractivity contribution is 5.95. The van der Waals surface area contributed by atoms with Crippen LogP contribution in [0.25, 0.3) is 0 Å². The molecule has 3 heteroatoms. The predicted octanol–water partition coefficient (Wildman–Crippen LogP) is 2.79. The standard InChI is InChI=1S/C14H20N2O/c1-3-15-12-7-5-11(6-8-12)13(17)16-14(2)9-4-10-14/h5-8,15H,3-4,9-10H2,1-2H3,(H,16,17). The van der Waals surface area contributed by atoms with Crippen LogP contribution in [0.2, 0.25) is 0 Å². The number of hydrogen-bond acceptors (Lipinski definition) is 2. The number of hydrogen-bond donors (Lipinski definition) is 2. The van der Waals surface area contributed by atoms with E-state index in [1.54, 1.807) is 0 Å². The number of benzene rings is 1. The van der Waals surface area contributed by atoms with E-state index in [0.29, 0.717) is 0 Å². The minimum absolute atomic E-state index is 0.0252. The van der Waals surface area contributed by atoms with Gasteiger partial charge in [0.2, 0.25) is 0 Å². The zero-order chi connectivity index (χ0) is 12.3. The topological polar surface area (TPSA) is 41.1 Å². The minimum atomic E-state index is 0.0252. The Morgan fingerprint density at radius 1 is 1.29 bits per heavy atom. The van der Waals surface area contributed by atoms with Gasteiger partial charge in [0.05, 0.1) is 0 Å². The molecule has 0 aliphatic heterocycles. The fourth-order valence-electron chi connectivity index (χ4n) is 2.12. The van der Waals surface area contributed by atoms with E-state index in [1.165, 1.54) is 6.42 Å². The number of carbonyl (C=O) groups is 1. The van der Waals surface area contributed by atoms with Crippen LogP contribution in [0.3, 0.4) is 0 Å². The summed E-state index contributed by atoms with van der Waals surface area (Å²) in [5.41, 5.74) is 1.82. The summed E-state index contributed by atoms with van der Waals surface area (Å²) in [5, 5.41) is 6.31. The number of carbonyl (C=O) groups excluding carboxylic acids is 1. The molecule has 2 rings (SSSR count). The van der Waals surface area contributed by atoms with Gasteiger partial charge in [-0.1, -0.05) is 0 Å². The van der Waals surface area contributed by atoms with Gasteiger partial charge in [-0.3, -0.25) is 4.79 Å². The highest BCUT2D eigenvalue weighted by Crippen LogP contribution is 2.31. The van der Waals surface area contributed by atoms with Gasteiger partial charge in [0.25, 0.3) is 5.91 Å². The Morgan fingerprint density at radius 2 is 1.94 bits per heavy atom. The van der Waals surface area contributed by atoms with Crippen LogP contribution in [-0.4, -0.2) is 18.0 Å². The summed E-state index contributed by atoms with van der Waals surface area (Å²) in [6, 6.07) is 7.63. The van der Waals surface area contributed by atoms with Crippen LogP contribution in [0, 0.1) is 0 Å². The van der Waals surface area contributed by atoms with Gasteiger partial charge >= 0.3 is 0 Å². The molecule has 1 aliphatic rings. The summed E-state index contributed by atoms with van der Waals surface area (Å²) in [5.74, 6) is 0.0373. The molecule has 1 aromatic carbocycles. The summed E-state index contributed by atoms with van der Waals surface area (Å²) in [7, 11) is 0. The molecule has 3 nitrogen and oxygen atoms in total. The first-order chi connectivity index (χ1) is 8.13. The monoisotopic (exact) mass is 232 g/mol. The van der Waals surface area contributed by atoms with E-state index in [2.05, 4.69) is 24.5 Å². The van der Waals surface area contributed by atoms with Crippen molar-refractivity contribution < 1.29 is 4.79 Å². The maximum atomic E-state index is 12.0. The summed E-state index contributed by atoms with van der Waals surface area (Å²) in [4.78, 5) is 12.0. The third-order valence-corrected chi connectivity index (χ3v) is 3.40. The molecule has 0 saturated heterocycles. The lowest BCUT2D eigenvalue weighted by molar-refractivity contribution is 0.0850. The Labute approximate surface area is 103 Å². The molecule has 0 atom stereocenters. The predicted molar refractivity (Wildman–Crippen MR) is 70.3 cm³/mol. The van der Waals surface area contributed by atoms with Crippen LogP contribution < -0.4 is 10.6 Å². The summed E-state index contributed by atoms with van der Waals surface area (Å²) >= 11 is 0. The molecule has 0 unspecified atom stereocenters. The third-order valence-electron chi connectivity index (χ3n) is 3.40. The van der Waals surface area contributed by atoms with E-state index in [9.17, 15) is 4.79 Å². The average molecular weight is 232 g/mol. The van der Waals surface area contributed by atoms with E-state index in [0.717, 1.165) is 30.6 Å². The number of amides is 1. The minimum Gasteiger partial charge on any atom is -0.385 e. The van der Waals surface area contributed by atoms with Crippen molar-refractivity contribution in [2.45, 2.75) is 38.6 Å². The van der Waals surface area contributed by atoms with Crippen molar-refractivity contribution >= 4 is 11.6 Å². The molecule has 0 aromatic heterocycles. The maximum Gasteiger partial charge on any atom is 0.251 e. The normalized spacial score (nSPS) is 17.1. The second kappa shape index (κ2) is 4.78. The van der Waals surface area contributed by atoms with Gasteiger partial charge < -0.3 is 10.6 Å². The Morgan fingerprint density at radius 3 is 2.41 bits per heavy atom. The first kappa shape index (κ1) is 12.0. The molecule has 1 aromatic rings. The van der Waals surface area contributed by atoms with Gasteiger partial charge in [-0.2, -0.15) is 0 Å². The molecular weight excluding hydrogens is 212 g/mol. The van der Waals surface area contributed by atoms with Gasteiger partial charge in [-0.05, 0) is 57.4 Å². The van der Waals surface area contributed by atoms with Crippen LogP contribution in [0.4, 0.5) is 5.69 Å². The SMILES string of the molecule is CCNc1ccc(C(=O)NC2(C)CCC2)cc1. The van der Waals surface area contributed by atoms with Crippen LogP contribution >= 0.6 is 0 Å². The largest absolute Gasteiger partial charge is 0.385 e. The van der Waals surface area contributed by atoms with Crippen LogP contribution in [-0.2, 0) is 0 Å². The number of anilines is 1. The second-order valence-corrected chi connectivity index (χ2v) is 4.98. The lowest BCUT2D eigenvalue weighted by Crippen LogP contribution is -2.50. The van der Waals surface area contributed by atoms with Crippen molar-refractivity contribution in [3.8, 4) is 0 Å². The lowest BCUT2D eigenvalue weighted by Gasteiger charge is -2.39. The zero-order valence-corrected chi connectivity index (χ0v) is 10.5. The first-order valence-corrected chi connectivity index (χ1v) is 6.29. The Kier molecular flexibility index (Phi) is 3.36. The molecule has 92 valence electrons. The zero-order valence-electron chi connectivity index (χ0n) is 10.5. The number of nitrogens with one attached hydrogen (secondary N) is 2. The van der Waals surface area contributed by atoms with Crippen LogP contribution in [0.1, 0.15) is 43.5 Å². The van der Waals surface area contributed by atoms with E-state index < -0.39 is 0 Å². The summed E-state index contributed by atoms with van der Waals surface area (Å²) in [6.45, 7) is 5.06. The molecule has 1 aliphatic carbocycles. The van der Waals surface area contributed by atoms with E-state index in [1.807, 2.05) is 24.3 Å². The molecule has 0 spiro atoms. The molecular formula is C14H20N2O. The first-order valence-electron chi connectivity index (χ1n) is 6.29. The van der Waals surface area contributed by atoms with Gasteiger partial charge in [0.15, 0.2) is 0 Å². The quantitative estimate of drug-likeness (QED) is 0.838. The van der Waals surface area contributed by atoms with E-state index in [-0.39, 0.29) is 11.4 Å². The number of rotatable bonds is 4. The van der Waals surface area contributed by atoms with Crippen LogP contribution in [0.15, 0.2) is 24.3 Å². The second-order valence-electron chi connectivity index (χ2n) is 4.98. The highest BCUT2D eigenvalue weighted by Gasteiger charge is 2.33. The molecule has 1 fully saturated rings. The van der Waals surface area contributed by atoms with Gasteiger partial charge in [-0.25, -0.2) is 0 Å². The van der Waals surface area contributed by atoms with Crippen molar-refractivity contribution in [3.05, 3.63) is 29.8 Å². The van der Waals surface area contributed by atoms with E-state index >= 15 is 0 Å². The van der Waals surface area contributed by atoms with E-state index in [4.69, 9.17) is 0 Å². The smallest absolute Gasteiger partial charge is 0.251 e. The Balaban J connectivity index is 1.99.